The number of hydrogen-bond donors (Lipinski definition) is 1. The highest BCUT2D eigenvalue weighted by molar-refractivity contribution is 5.91. The normalized spacial score (nSPS) is 11.4. The molecular formula is C19H18F3NO3. The average molecular weight is 365 g/mol. The number of benzene rings is 2. The average Bonchev–Trinajstić information content (AvgIpc) is 2.64. The van der Waals surface area contributed by atoms with E-state index in [9.17, 15) is 18.0 Å². The monoisotopic (exact) mass is 365 g/mol. The standard InChI is InChI=1S/C19H18F3NO3/c1-25-16-8-6-13(11-17(16)26-2)7-9-18(24)23-12-14-4-3-5-15(10-14)19(20,21)22/h3-11H,12H2,1-2H3,(H,23,24)/b9-7+. The number of carbonyl (C=O) groups is 1. The van der Waals surface area contributed by atoms with Gasteiger partial charge in [-0.15, -0.1) is 0 Å². The van der Waals surface area contributed by atoms with Crippen LogP contribution in [0.15, 0.2) is 48.5 Å². The molecule has 0 aromatic heterocycles. The Kier molecular flexibility index (Phi) is 6.27. The first-order chi connectivity index (χ1) is 12.3. The SMILES string of the molecule is COc1ccc(/C=C/C(=O)NCc2cccc(C(F)(F)F)c2)cc1OC. The Morgan fingerprint density at radius 2 is 1.81 bits per heavy atom. The predicted octanol–water partition coefficient (Wildman–Crippen LogP) is 4.05. The van der Waals surface area contributed by atoms with Gasteiger partial charge in [-0.05, 0) is 41.5 Å². The number of alkyl halides is 3. The van der Waals surface area contributed by atoms with Crippen LogP contribution in [-0.4, -0.2) is 20.1 Å². The highest BCUT2D eigenvalue weighted by Crippen LogP contribution is 2.29. The van der Waals surface area contributed by atoms with E-state index < -0.39 is 17.6 Å². The van der Waals surface area contributed by atoms with Crippen molar-refractivity contribution in [3.63, 3.8) is 0 Å². The van der Waals surface area contributed by atoms with Crippen molar-refractivity contribution < 1.29 is 27.4 Å². The van der Waals surface area contributed by atoms with Crippen LogP contribution in [-0.2, 0) is 17.5 Å². The molecule has 2 aromatic rings. The maximum absolute atomic E-state index is 12.7. The van der Waals surface area contributed by atoms with E-state index in [0.29, 0.717) is 17.1 Å². The second-order valence-corrected chi connectivity index (χ2v) is 5.36. The molecule has 0 bridgehead atoms. The Hall–Kier alpha value is -2.96. The fourth-order valence-electron chi connectivity index (χ4n) is 2.23. The van der Waals surface area contributed by atoms with Gasteiger partial charge in [0.15, 0.2) is 11.5 Å². The van der Waals surface area contributed by atoms with Gasteiger partial charge in [-0.2, -0.15) is 13.2 Å². The molecule has 1 amide bonds. The van der Waals surface area contributed by atoms with E-state index in [1.807, 2.05) is 0 Å². The summed E-state index contributed by atoms with van der Waals surface area (Å²) < 4.78 is 48.3. The number of nitrogens with one attached hydrogen (secondary N) is 1. The minimum Gasteiger partial charge on any atom is -0.493 e. The molecule has 0 aliphatic rings. The van der Waals surface area contributed by atoms with Crippen LogP contribution in [0.3, 0.4) is 0 Å². The molecule has 138 valence electrons. The summed E-state index contributed by atoms with van der Waals surface area (Å²) in [6, 6.07) is 9.99. The molecule has 0 saturated heterocycles. The number of amides is 1. The fourth-order valence-corrected chi connectivity index (χ4v) is 2.23. The molecule has 1 N–H and O–H groups in total. The minimum absolute atomic E-state index is 0.000965. The quantitative estimate of drug-likeness (QED) is 0.786. The van der Waals surface area contributed by atoms with E-state index in [1.165, 1.54) is 32.4 Å². The third-order valence-corrected chi connectivity index (χ3v) is 3.56. The molecule has 0 saturated carbocycles. The first kappa shape index (κ1) is 19.4. The Morgan fingerprint density at radius 3 is 2.46 bits per heavy atom. The van der Waals surface area contributed by atoms with E-state index in [1.54, 1.807) is 24.3 Å². The van der Waals surface area contributed by atoms with Crippen LogP contribution in [0.1, 0.15) is 16.7 Å². The van der Waals surface area contributed by atoms with Crippen LogP contribution in [0, 0.1) is 0 Å². The van der Waals surface area contributed by atoms with Gasteiger partial charge in [-0.1, -0.05) is 18.2 Å². The lowest BCUT2D eigenvalue weighted by atomic mass is 10.1. The van der Waals surface area contributed by atoms with E-state index in [4.69, 9.17) is 9.47 Å². The zero-order chi connectivity index (χ0) is 19.2. The number of carbonyl (C=O) groups excluding carboxylic acids is 1. The van der Waals surface area contributed by atoms with Crippen molar-refractivity contribution in [3.05, 3.63) is 65.2 Å². The maximum Gasteiger partial charge on any atom is 0.416 e. The van der Waals surface area contributed by atoms with Crippen LogP contribution in [0.25, 0.3) is 6.08 Å². The lowest BCUT2D eigenvalue weighted by molar-refractivity contribution is -0.137. The fraction of sp³-hybridized carbons (Fsp3) is 0.211. The van der Waals surface area contributed by atoms with Crippen molar-refractivity contribution in [1.29, 1.82) is 0 Å². The van der Waals surface area contributed by atoms with Crippen molar-refractivity contribution >= 4 is 12.0 Å². The molecule has 2 rings (SSSR count). The summed E-state index contributed by atoms with van der Waals surface area (Å²) in [5.41, 5.74) is 0.342. The molecule has 26 heavy (non-hydrogen) atoms. The van der Waals surface area contributed by atoms with E-state index in [-0.39, 0.29) is 6.54 Å². The Morgan fingerprint density at radius 1 is 1.08 bits per heavy atom. The van der Waals surface area contributed by atoms with Crippen molar-refractivity contribution in [3.8, 4) is 11.5 Å². The van der Waals surface area contributed by atoms with E-state index in [0.717, 1.165) is 17.7 Å². The summed E-state index contributed by atoms with van der Waals surface area (Å²) in [7, 11) is 3.03. The number of hydrogen-bond acceptors (Lipinski definition) is 3. The molecule has 0 spiro atoms. The zero-order valence-electron chi connectivity index (χ0n) is 14.3. The van der Waals surface area contributed by atoms with Gasteiger partial charge in [0.2, 0.25) is 5.91 Å². The Balaban J connectivity index is 1.98. The van der Waals surface area contributed by atoms with Crippen LogP contribution in [0.4, 0.5) is 13.2 Å². The summed E-state index contributed by atoms with van der Waals surface area (Å²) in [5, 5.41) is 2.55. The van der Waals surface area contributed by atoms with Gasteiger partial charge >= 0.3 is 6.18 Å². The maximum atomic E-state index is 12.7. The third-order valence-electron chi connectivity index (χ3n) is 3.56. The second-order valence-electron chi connectivity index (χ2n) is 5.36. The molecule has 2 aromatic carbocycles. The summed E-state index contributed by atoms with van der Waals surface area (Å²) in [6.07, 6.45) is -1.54. The number of methoxy groups -OCH3 is 2. The second kappa shape index (κ2) is 8.42. The van der Waals surface area contributed by atoms with Gasteiger partial charge in [-0.25, -0.2) is 0 Å². The zero-order valence-corrected chi connectivity index (χ0v) is 14.3. The lowest BCUT2D eigenvalue weighted by Crippen LogP contribution is -2.20. The molecule has 0 fully saturated rings. The van der Waals surface area contributed by atoms with Crippen molar-refractivity contribution in [2.24, 2.45) is 0 Å². The molecule has 0 radical (unpaired) electrons. The first-order valence-electron chi connectivity index (χ1n) is 7.67. The van der Waals surface area contributed by atoms with E-state index in [2.05, 4.69) is 5.32 Å². The smallest absolute Gasteiger partial charge is 0.416 e. The Labute approximate surface area is 149 Å². The summed E-state index contributed by atoms with van der Waals surface area (Å²) >= 11 is 0. The number of halogens is 3. The number of rotatable bonds is 6. The van der Waals surface area contributed by atoms with Crippen LogP contribution >= 0.6 is 0 Å². The topological polar surface area (TPSA) is 47.6 Å². The van der Waals surface area contributed by atoms with Gasteiger partial charge in [0.1, 0.15) is 0 Å². The lowest BCUT2D eigenvalue weighted by Gasteiger charge is -2.09. The van der Waals surface area contributed by atoms with Crippen LogP contribution < -0.4 is 14.8 Å². The first-order valence-corrected chi connectivity index (χ1v) is 7.67. The molecule has 0 aliphatic heterocycles. The molecule has 0 aliphatic carbocycles. The number of ether oxygens (including phenoxy) is 2. The summed E-state index contributed by atoms with van der Waals surface area (Å²) in [4.78, 5) is 11.9. The van der Waals surface area contributed by atoms with E-state index >= 15 is 0 Å². The Bertz CT molecular complexity index is 801. The van der Waals surface area contributed by atoms with Gasteiger partial charge in [0.25, 0.3) is 0 Å². The molecule has 0 unspecified atom stereocenters. The van der Waals surface area contributed by atoms with Gasteiger partial charge in [0.05, 0.1) is 19.8 Å². The highest BCUT2D eigenvalue weighted by Gasteiger charge is 2.30. The minimum atomic E-state index is -4.41. The highest BCUT2D eigenvalue weighted by atomic mass is 19.4. The molecule has 4 nitrogen and oxygen atoms in total. The van der Waals surface area contributed by atoms with Gasteiger partial charge < -0.3 is 14.8 Å². The van der Waals surface area contributed by atoms with Crippen molar-refractivity contribution in [2.75, 3.05) is 14.2 Å². The largest absolute Gasteiger partial charge is 0.493 e. The third kappa shape index (κ3) is 5.27. The molecule has 7 heteroatoms. The summed E-state index contributed by atoms with van der Waals surface area (Å²) in [5.74, 6) is 0.676. The van der Waals surface area contributed by atoms with Gasteiger partial charge in [-0.3, -0.25) is 4.79 Å². The summed E-state index contributed by atoms with van der Waals surface area (Å²) in [6.45, 7) is -0.000965. The molecule has 0 atom stereocenters. The molecule has 0 heterocycles. The van der Waals surface area contributed by atoms with Gasteiger partial charge in [0, 0.05) is 12.6 Å². The predicted molar refractivity (Wildman–Crippen MR) is 91.9 cm³/mol. The van der Waals surface area contributed by atoms with Crippen LogP contribution in [0.5, 0.6) is 11.5 Å². The van der Waals surface area contributed by atoms with Crippen molar-refractivity contribution in [1.82, 2.24) is 5.32 Å². The molecular weight excluding hydrogens is 347 g/mol. The van der Waals surface area contributed by atoms with Crippen molar-refractivity contribution in [2.45, 2.75) is 12.7 Å². The van der Waals surface area contributed by atoms with Crippen LogP contribution in [0.2, 0.25) is 0 Å².